The van der Waals surface area contributed by atoms with E-state index in [1.54, 1.807) is 24.4 Å². The molecule has 4 rings (SSSR count). The van der Waals surface area contributed by atoms with Gasteiger partial charge in [-0.15, -0.1) is 0 Å². The van der Waals surface area contributed by atoms with Gasteiger partial charge in [-0.2, -0.15) is 0 Å². The van der Waals surface area contributed by atoms with Crippen molar-refractivity contribution in [3.8, 4) is 5.75 Å². The fourth-order valence-corrected chi connectivity index (χ4v) is 3.82. The van der Waals surface area contributed by atoms with Crippen LogP contribution in [0.1, 0.15) is 34.5 Å². The Hall–Kier alpha value is -2.56. The summed E-state index contributed by atoms with van der Waals surface area (Å²) in [5.41, 5.74) is 3.56. The lowest BCUT2D eigenvalue weighted by molar-refractivity contribution is 0.0735. The monoisotopic (exact) mass is 323 g/mol. The summed E-state index contributed by atoms with van der Waals surface area (Å²) in [6, 6.07) is 9.38. The Balaban J connectivity index is 1.71. The minimum Gasteiger partial charge on any atom is -0.508 e. The number of phenols is 1. The maximum Gasteiger partial charge on any atom is 0.254 e. The fourth-order valence-electron chi connectivity index (χ4n) is 3.82. The van der Waals surface area contributed by atoms with E-state index in [4.69, 9.17) is 0 Å². The Bertz CT molecular complexity index is 790. The van der Waals surface area contributed by atoms with E-state index in [1.165, 1.54) is 0 Å². The lowest BCUT2D eigenvalue weighted by Gasteiger charge is -2.27. The van der Waals surface area contributed by atoms with Crippen molar-refractivity contribution in [2.75, 3.05) is 18.0 Å². The first kappa shape index (κ1) is 15.0. The molecule has 1 saturated heterocycles. The number of amides is 1. The smallest absolute Gasteiger partial charge is 0.254 e. The van der Waals surface area contributed by atoms with Crippen LogP contribution in [-0.2, 0) is 6.54 Å². The normalized spacial score (nSPS) is 19.6. The predicted molar refractivity (Wildman–Crippen MR) is 92.2 cm³/mol. The molecule has 1 atom stereocenters. The number of benzene rings is 1. The van der Waals surface area contributed by atoms with Crippen molar-refractivity contribution in [3.63, 3.8) is 0 Å². The average Bonchev–Trinajstić information content (AvgIpc) is 2.98. The van der Waals surface area contributed by atoms with Crippen LogP contribution in [0, 0.1) is 6.92 Å². The Kier molecular flexibility index (Phi) is 3.63. The molecular weight excluding hydrogens is 302 g/mol. The van der Waals surface area contributed by atoms with Gasteiger partial charge >= 0.3 is 0 Å². The highest BCUT2D eigenvalue weighted by Crippen LogP contribution is 2.32. The number of anilines is 1. The Morgan fingerprint density at radius 3 is 3.08 bits per heavy atom. The summed E-state index contributed by atoms with van der Waals surface area (Å²) >= 11 is 0. The molecule has 0 aliphatic carbocycles. The molecule has 0 spiro atoms. The maximum atomic E-state index is 13.1. The van der Waals surface area contributed by atoms with E-state index >= 15 is 0 Å². The van der Waals surface area contributed by atoms with Crippen LogP contribution in [-0.4, -0.2) is 40.0 Å². The highest BCUT2D eigenvalue weighted by atomic mass is 16.3. The summed E-state index contributed by atoms with van der Waals surface area (Å²) in [5, 5.41) is 9.76. The van der Waals surface area contributed by atoms with Crippen molar-refractivity contribution in [1.82, 2.24) is 9.88 Å². The molecule has 1 fully saturated rings. The number of aromatic hydroxyl groups is 1. The SMILES string of the molecule is Cc1ccc(O)cc1C(=O)N1Cc2ncccc2N2CCC[C@H]2C1. The third-order valence-corrected chi connectivity index (χ3v) is 5.06. The lowest BCUT2D eigenvalue weighted by Crippen LogP contribution is -2.40. The van der Waals surface area contributed by atoms with Gasteiger partial charge in [0.25, 0.3) is 5.91 Å². The van der Waals surface area contributed by atoms with Crippen molar-refractivity contribution in [2.45, 2.75) is 32.4 Å². The molecule has 1 aromatic heterocycles. The number of pyridine rings is 1. The number of hydrogen-bond acceptors (Lipinski definition) is 4. The molecule has 2 aromatic rings. The minimum absolute atomic E-state index is 0.0336. The topological polar surface area (TPSA) is 56.7 Å². The Morgan fingerprint density at radius 1 is 1.33 bits per heavy atom. The number of carbonyl (C=O) groups excluding carboxylic acids is 1. The van der Waals surface area contributed by atoms with Gasteiger partial charge in [0.15, 0.2) is 0 Å². The van der Waals surface area contributed by atoms with Crippen LogP contribution in [0.25, 0.3) is 0 Å². The molecule has 5 heteroatoms. The van der Waals surface area contributed by atoms with Gasteiger partial charge in [-0.25, -0.2) is 0 Å². The molecule has 0 bridgehead atoms. The van der Waals surface area contributed by atoms with E-state index < -0.39 is 0 Å². The first-order valence-corrected chi connectivity index (χ1v) is 8.43. The van der Waals surface area contributed by atoms with E-state index in [0.717, 1.165) is 36.3 Å². The zero-order chi connectivity index (χ0) is 16.7. The molecule has 0 unspecified atom stereocenters. The zero-order valence-corrected chi connectivity index (χ0v) is 13.8. The van der Waals surface area contributed by atoms with Gasteiger partial charge in [0.1, 0.15) is 5.75 Å². The molecule has 1 amide bonds. The third-order valence-electron chi connectivity index (χ3n) is 5.06. The van der Waals surface area contributed by atoms with Crippen LogP contribution in [0.5, 0.6) is 5.75 Å². The highest BCUT2D eigenvalue weighted by Gasteiger charge is 2.34. The van der Waals surface area contributed by atoms with Crippen LogP contribution in [0.15, 0.2) is 36.5 Å². The second-order valence-corrected chi connectivity index (χ2v) is 6.64. The van der Waals surface area contributed by atoms with Crippen LogP contribution >= 0.6 is 0 Å². The largest absolute Gasteiger partial charge is 0.508 e. The summed E-state index contributed by atoms with van der Waals surface area (Å²) in [6.45, 7) is 4.14. The van der Waals surface area contributed by atoms with E-state index in [-0.39, 0.29) is 11.7 Å². The Labute approximate surface area is 141 Å². The average molecular weight is 323 g/mol. The highest BCUT2D eigenvalue weighted by molar-refractivity contribution is 5.96. The van der Waals surface area contributed by atoms with Crippen molar-refractivity contribution >= 4 is 11.6 Å². The standard InChI is InChI=1S/C19H21N3O2/c1-13-6-7-15(23)10-16(13)19(24)21-11-14-4-3-9-22(14)18-5-2-8-20-17(18)12-21/h2,5-8,10,14,23H,3-4,9,11-12H2,1H3/t14-/m0/s1. The molecule has 2 aliphatic rings. The Morgan fingerprint density at radius 2 is 2.21 bits per heavy atom. The summed E-state index contributed by atoms with van der Waals surface area (Å²) in [7, 11) is 0. The van der Waals surface area contributed by atoms with Crippen LogP contribution < -0.4 is 4.90 Å². The van der Waals surface area contributed by atoms with E-state index in [9.17, 15) is 9.90 Å². The second kappa shape index (κ2) is 5.82. The molecule has 1 N–H and O–H groups in total. The van der Waals surface area contributed by atoms with Gasteiger partial charge in [-0.05, 0) is 49.6 Å². The number of phenolic OH excluding ortho intramolecular Hbond substituents is 1. The van der Waals surface area contributed by atoms with Gasteiger partial charge in [0, 0.05) is 30.9 Å². The fraction of sp³-hybridized carbons (Fsp3) is 0.368. The number of hydrogen-bond donors (Lipinski definition) is 1. The molecule has 3 heterocycles. The molecule has 0 saturated carbocycles. The van der Waals surface area contributed by atoms with Crippen molar-refractivity contribution < 1.29 is 9.90 Å². The number of nitrogens with zero attached hydrogens (tertiary/aromatic N) is 3. The van der Waals surface area contributed by atoms with Gasteiger partial charge in [0.2, 0.25) is 0 Å². The van der Waals surface area contributed by atoms with Crippen molar-refractivity contribution in [2.24, 2.45) is 0 Å². The van der Waals surface area contributed by atoms with Gasteiger partial charge in [-0.3, -0.25) is 9.78 Å². The van der Waals surface area contributed by atoms with Crippen molar-refractivity contribution in [1.29, 1.82) is 0 Å². The van der Waals surface area contributed by atoms with Crippen molar-refractivity contribution in [3.05, 3.63) is 53.3 Å². The third kappa shape index (κ3) is 2.50. The second-order valence-electron chi connectivity index (χ2n) is 6.64. The molecule has 24 heavy (non-hydrogen) atoms. The first-order chi connectivity index (χ1) is 11.6. The number of aromatic nitrogens is 1. The van der Waals surface area contributed by atoms with Gasteiger partial charge in [0.05, 0.1) is 17.9 Å². The number of fused-ring (bicyclic) bond motifs is 3. The van der Waals surface area contributed by atoms with E-state index in [1.807, 2.05) is 17.9 Å². The first-order valence-electron chi connectivity index (χ1n) is 8.43. The minimum atomic E-state index is -0.0336. The molecule has 1 aromatic carbocycles. The molecular formula is C19H21N3O2. The van der Waals surface area contributed by atoms with Crippen LogP contribution in [0.3, 0.4) is 0 Å². The molecule has 5 nitrogen and oxygen atoms in total. The summed E-state index contributed by atoms with van der Waals surface area (Å²) < 4.78 is 0. The van der Waals surface area contributed by atoms with Gasteiger partial charge < -0.3 is 14.9 Å². The zero-order valence-electron chi connectivity index (χ0n) is 13.8. The van der Waals surface area contributed by atoms with E-state index in [2.05, 4.69) is 16.0 Å². The summed E-state index contributed by atoms with van der Waals surface area (Å²) in [4.78, 5) is 21.9. The van der Waals surface area contributed by atoms with E-state index in [0.29, 0.717) is 24.7 Å². The summed E-state index contributed by atoms with van der Waals surface area (Å²) in [6.07, 6.45) is 4.03. The quantitative estimate of drug-likeness (QED) is 0.877. The van der Waals surface area contributed by atoms with Crippen LogP contribution in [0.4, 0.5) is 5.69 Å². The number of rotatable bonds is 1. The molecule has 0 radical (unpaired) electrons. The van der Waals surface area contributed by atoms with Crippen LogP contribution in [0.2, 0.25) is 0 Å². The maximum absolute atomic E-state index is 13.1. The number of carbonyl (C=O) groups is 1. The lowest BCUT2D eigenvalue weighted by atomic mass is 10.1. The molecule has 2 aliphatic heterocycles. The summed E-state index contributed by atoms with van der Waals surface area (Å²) in [5.74, 6) is 0.0912. The van der Waals surface area contributed by atoms with Gasteiger partial charge in [-0.1, -0.05) is 6.07 Å². The molecule has 124 valence electrons. The predicted octanol–water partition coefficient (Wildman–Crippen LogP) is 2.72. The number of aryl methyl sites for hydroxylation is 1.